The van der Waals surface area contributed by atoms with Gasteiger partial charge in [-0.3, -0.25) is 14.9 Å². The largest absolute Gasteiger partial charge is 0.462 e. The van der Waals surface area contributed by atoms with Crippen molar-refractivity contribution in [2.45, 2.75) is 20.3 Å². The molecule has 0 aliphatic heterocycles. The van der Waals surface area contributed by atoms with Gasteiger partial charge in [0.15, 0.2) is 0 Å². The van der Waals surface area contributed by atoms with Gasteiger partial charge in [-0.1, -0.05) is 0 Å². The van der Waals surface area contributed by atoms with Gasteiger partial charge in [0.25, 0.3) is 5.69 Å². The summed E-state index contributed by atoms with van der Waals surface area (Å²) in [6.45, 7) is 3.51. The Morgan fingerprint density at radius 3 is 2.81 bits per heavy atom. The molecule has 2 aromatic rings. The number of rotatable bonds is 6. The SMILES string of the molecule is CCOC(=O)c1sc(-c2cc([N+](=O)[O-])ccc2NC(=O)CC#N)nc1C. The maximum Gasteiger partial charge on any atom is 0.350 e. The molecule has 0 bridgehead atoms. The maximum absolute atomic E-state index is 12.0. The lowest BCUT2D eigenvalue weighted by Gasteiger charge is -2.08. The third-order valence-electron chi connectivity index (χ3n) is 3.22. The van der Waals surface area contributed by atoms with Crippen molar-refractivity contribution in [3.05, 3.63) is 38.9 Å². The second-order valence-corrected chi connectivity index (χ2v) is 6.02. The number of esters is 1. The van der Waals surface area contributed by atoms with Gasteiger partial charge < -0.3 is 10.1 Å². The molecule has 1 amide bonds. The summed E-state index contributed by atoms with van der Waals surface area (Å²) in [6.07, 6.45) is -0.360. The van der Waals surface area contributed by atoms with E-state index in [-0.39, 0.29) is 34.8 Å². The van der Waals surface area contributed by atoms with Crippen LogP contribution in [-0.4, -0.2) is 28.4 Å². The molecule has 0 aliphatic rings. The molecule has 0 spiro atoms. The molecule has 1 N–H and O–H groups in total. The molecule has 0 unspecified atom stereocenters. The molecule has 1 aromatic heterocycles. The summed E-state index contributed by atoms with van der Waals surface area (Å²) in [5, 5.41) is 22.5. The summed E-state index contributed by atoms with van der Waals surface area (Å²) in [4.78, 5) is 38.7. The van der Waals surface area contributed by atoms with Crippen LogP contribution < -0.4 is 5.32 Å². The van der Waals surface area contributed by atoms with Gasteiger partial charge in [-0.15, -0.1) is 11.3 Å². The predicted octanol–water partition coefficient (Wildman–Crippen LogP) is 3.06. The van der Waals surface area contributed by atoms with Crippen LogP contribution in [0.15, 0.2) is 18.2 Å². The number of hydrogen-bond donors (Lipinski definition) is 1. The number of anilines is 1. The first-order valence-corrected chi connectivity index (χ1v) is 8.29. The van der Waals surface area contributed by atoms with E-state index >= 15 is 0 Å². The number of aryl methyl sites for hydroxylation is 1. The highest BCUT2D eigenvalue weighted by molar-refractivity contribution is 7.17. The highest BCUT2D eigenvalue weighted by Gasteiger charge is 2.21. The van der Waals surface area contributed by atoms with Crippen LogP contribution >= 0.6 is 11.3 Å². The van der Waals surface area contributed by atoms with Gasteiger partial charge in [-0.25, -0.2) is 9.78 Å². The van der Waals surface area contributed by atoms with Gasteiger partial charge in [0.2, 0.25) is 5.91 Å². The molecule has 0 saturated carbocycles. The number of carbonyl (C=O) groups excluding carboxylic acids is 2. The summed E-state index contributed by atoms with van der Waals surface area (Å²) >= 11 is 1.01. The number of thiazole rings is 1. The van der Waals surface area contributed by atoms with Gasteiger partial charge in [-0.2, -0.15) is 5.26 Å². The van der Waals surface area contributed by atoms with E-state index in [1.165, 1.54) is 18.2 Å². The Kier molecular flexibility index (Phi) is 5.98. The zero-order valence-corrected chi connectivity index (χ0v) is 14.8. The minimum Gasteiger partial charge on any atom is -0.462 e. The van der Waals surface area contributed by atoms with Crippen molar-refractivity contribution in [3.8, 4) is 16.6 Å². The average molecular weight is 374 g/mol. The molecule has 0 saturated heterocycles. The Morgan fingerprint density at radius 2 is 2.19 bits per heavy atom. The molecule has 0 fully saturated rings. The Labute approximate surface area is 152 Å². The van der Waals surface area contributed by atoms with Crippen molar-refractivity contribution >= 4 is 34.6 Å². The van der Waals surface area contributed by atoms with E-state index in [0.29, 0.717) is 10.7 Å². The number of nitrogens with zero attached hydrogens (tertiary/aromatic N) is 3. The molecule has 2 rings (SSSR count). The van der Waals surface area contributed by atoms with Gasteiger partial charge in [0, 0.05) is 17.7 Å². The fourth-order valence-corrected chi connectivity index (χ4v) is 3.09. The molecule has 0 atom stereocenters. The van der Waals surface area contributed by atoms with E-state index in [0.717, 1.165) is 11.3 Å². The molecule has 0 aliphatic carbocycles. The first-order chi connectivity index (χ1) is 12.4. The van der Waals surface area contributed by atoms with Crippen molar-refractivity contribution in [3.63, 3.8) is 0 Å². The Hall–Kier alpha value is -3.32. The number of carbonyl (C=O) groups is 2. The lowest BCUT2D eigenvalue weighted by atomic mass is 10.1. The molecule has 0 radical (unpaired) electrons. The Morgan fingerprint density at radius 1 is 1.46 bits per heavy atom. The first kappa shape index (κ1) is 19.0. The second-order valence-electron chi connectivity index (χ2n) is 5.02. The van der Waals surface area contributed by atoms with E-state index < -0.39 is 16.8 Å². The van der Waals surface area contributed by atoms with Crippen LogP contribution in [0, 0.1) is 28.4 Å². The van der Waals surface area contributed by atoms with Gasteiger partial charge in [0.1, 0.15) is 16.3 Å². The topological polar surface area (TPSA) is 135 Å². The fraction of sp³-hybridized carbons (Fsp3) is 0.250. The van der Waals surface area contributed by atoms with E-state index in [2.05, 4.69) is 10.3 Å². The van der Waals surface area contributed by atoms with Crippen molar-refractivity contribution in [1.82, 2.24) is 4.98 Å². The quantitative estimate of drug-likeness (QED) is 0.466. The second kappa shape index (κ2) is 8.17. The monoisotopic (exact) mass is 374 g/mol. The van der Waals surface area contributed by atoms with Crippen LogP contribution in [0.3, 0.4) is 0 Å². The molecule has 1 aromatic carbocycles. The number of nitriles is 1. The van der Waals surface area contributed by atoms with Crippen LogP contribution in [0.25, 0.3) is 10.6 Å². The van der Waals surface area contributed by atoms with Crippen molar-refractivity contribution < 1.29 is 19.2 Å². The molecule has 1 heterocycles. The minimum atomic E-state index is -0.572. The van der Waals surface area contributed by atoms with Crippen LogP contribution in [0.5, 0.6) is 0 Å². The van der Waals surface area contributed by atoms with Gasteiger partial charge in [0.05, 0.1) is 29.0 Å². The number of amides is 1. The van der Waals surface area contributed by atoms with Crippen molar-refractivity contribution in [1.29, 1.82) is 5.26 Å². The third kappa shape index (κ3) is 4.20. The molecule has 26 heavy (non-hydrogen) atoms. The van der Waals surface area contributed by atoms with E-state index in [1.807, 2.05) is 0 Å². The first-order valence-electron chi connectivity index (χ1n) is 7.47. The number of aromatic nitrogens is 1. The number of ether oxygens (including phenoxy) is 1. The van der Waals surface area contributed by atoms with E-state index in [1.54, 1.807) is 19.9 Å². The Bertz CT molecular complexity index is 916. The molecule has 9 nitrogen and oxygen atoms in total. The smallest absolute Gasteiger partial charge is 0.350 e. The highest BCUT2D eigenvalue weighted by atomic mass is 32.1. The molecular formula is C16H14N4O5S. The van der Waals surface area contributed by atoms with E-state index in [4.69, 9.17) is 10.00 Å². The van der Waals surface area contributed by atoms with Crippen LogP contribution in [-0.2, 0) is 9.53 Å². The molecule has 134 valence electrons. The number of non-ortho nitro benzene ring substituents is 1. The lowest BCUT2D eigenvalue weighted by molar-refractivity contribution is -0.384. The summed E-state index contributed by atoms with van der Waals surface area (Å²) in [7, 11) is 0. The molecular weight excluding hydrogens is 360 g/mol. The van der Waals surface area contributed by atoms with Gasteiger partial charge >= 0.3 is 5.97 Å². The average Bonchev–Trinajstić information content (AvgIpc) is 2.97. The zero-order chi connectivity index (χ0) is 19.3. The highest BCUT2D eigenvalue weighted by Crippen LogP contribution is 2.36. The summed E-state index contributed by atoms with van der Waals surface area (Å²) in [5.74, 6) is -1.09. The fourth-order valence-electron chi connectivity index (χ4n) is 2.10. The number of nitrogens with one attached hydrogen (secondary N) is 1. The van der Waals surface area contributed by atoms with Gasteiger partial charge in [-0.05, 0) is 19.9 Å². The number of benzene rings is 1. The summed E-state index contributed by atoms with van der Waals surface area (Å²) < 4.78 is 4.96. The van der Waals surface area contributed by atoms with Crippen LogP contribution in [0.1, 0.15) is 28.7 Å². The third-order valence-corrected chi connectivity index (χ3v) is 4.39. The predicted molar refractivity (Wildman–Crippen MR) is 93.8 cm³/mol. The molecule has 10 heteroatoms. The number of hydrogen-bond acceptors (Lipinski definition) is 8. The van der Waals surface area contributed by atoms with Crippen molar-refractivity contribution in [2.24, 2.45) is 0 Å². The number of nitro benzene ring substituents is 1. The standard InChI is InChI=1S/C16H14N4O5S/c1-3-25-16(22)14-9(2)18-15(26-14)11-8-10(20(23)24)4-5-12(11)19-13(21)6-7-17/h4-5,8H,3,6H2,1-2H3,(H,19,21). The van der Waals surface area contributed by atoms with Crippen LogP contribution in [0.2, 0.25) is 0 Å². The summed E-state index contributed by atoms with van der Waals surface area (Å²) in [5.41, 5.74) is 0.780. The van der Waals surface area contributed by atoms with Crippen molar-refractivity contribution in [2.75, 3.05) is 11.9 Å². The maximum atomic E-state index is 12.0. The minimum absolute atomic E-state index is 0.191. The summed E-state index contributed by atoms with van der Waals surface area (Å²) in [6, 6.07) is 5.58. The number of nitro groups is 1. The lowest BCUT2D eigenvalue weighted by Crippen LogP contribution is -2.11. The Balaban J connectivity index is 2.52. The normalized spacial score (nSPS) is 10.0. The zero-order valence-electron chi connectivity index (χ0n) is 13.9. The van der Waals surface area contributed by atoms with E-state index in [9.17, 15) is 19.7 Å². The van der Waals surface area contributed by atoms with Crippen LogP contribution in [0.4, 0.5) is 11.4 Å².